The number of carbonyl (C=O) groups is 2. The van der Waals surface area contributed by atoms with Gasteiger partial charge in [0.15, 0.2) is 0 Å². The van der Waals surface area contributed by atoms with E-state index in [0.717, 1.165) is 30.6 Å². The number of hydrogen-bond donors (Lipinski definition) is 1. The van der Waals surface area contributed by atoms with Crippen molar-refractivity contribution in [3.05, 3.63) is 35.4 Å². The first kappa shape index (κ1) is 18.9. The van der Waals surface area contributed by atoms with Gasteiger partial charge in [-0.15, -0.1) is 0 Å². The summed E-state index contributed by atoms with van der Waals surface area (Å²) in [6, 6.07) is 7.63. The number of amides is 2. The van der Waals surface area contributed by atoms with Crippen molar-refractivity contribution in [2.75, 3.05) is 46.9 Å². The third-order valence-electron chi connectivity index (χ3n) is 5.35. The molecule has 0 saturated carbocycles. The fourth-order valence-electron chi connectivity index (χ4n) is 4.19. The monoisotopic (exact) mass is 359 g/mol. The molecule has 2 aliphatic heterocycles. The number of carbonyl (C=O) groups excluding carboxylic acids is 2. The van der Waals surface area contributed by atoms with Crippen LogP contribution in [0.25, 0.3) is 0 Å². The maximum atomic E-state index is 12.7. The van der Waals surface area contributed by atoms with E-state index in [2.05, 4.69) is 4.90 Å². The lowest BCUT2D eigenvalue weighted by Crippen LogP contribution is -2.47. The van der Waals surface area contributed by atoms with Crippen LogP contribution < -0.4 is 0 Å². The highest BCUT2D eigenvalue weighted by molar-refractivity contribution is 5.98. The molecule has 1 aromatic carbocycles. The third-order valence-corrected chi connectivity index (χ3v) is 5.35. The summed E-state index contributed by atoms with van der Waals surface area (Å²) in [6.07, 6.45) is 1.30. The van der Waals surface area contributed by atoms with Crippen LogP contribution in [0.15, 0.2) is 24.3 Å². The van der Waals surface area contributed by atoms with E-state index in [-0.39, 0.29) is 24.3 Å². The zero-order valence-corrected chi connectivity index (χ0v) is 15.7. The van der Waals surface area contributed by atoms with Gasteiger partial charge in [0, 0.05) is 51.3 Å². The highest BCUT2D eigenvalue weighted by Crippen LogP contribution is 2.25. The van der Waals surface area contributed by atoms with Crippen molar-refractivity contribution in [3.8, 4) is 0 Å². The lowest BCUT2D eigenvalue weighted by molar-refractivity contribution is -0.134. The van der Waals surface area contributed by atoms with Crippen LogP contribution in [-0.2, 0) is 11.3 Å². The summed E-state index contributed by atoms with van der Waals surface area (Å²) in [5.74, 6) is 0.634. The number of likely N-dealkylation sites (tertiary alicyclic amines) is 1. The van der Waals surface area contributed by atoms with E-state index in [1.807, 2.05) is 43.3 Å². The average molecular weight is 359 g/mol. The van der Waals surface area contributed by atoms with Gasteiger partial charge in [-0.3, -0.25) is 9.59 Å². The number of aliphatic hydroxyl groups excluding tert-OH is 1. The molecule has 2 amide bonds. The quantitative estimate of drug-likeness (QED) is 0.825. The average Bonchev–Trinajstić information content (AvgIpc) is 2.95. The lowest BCUT2D eigenvalue weighted by Gasteiger charge is -2.38. The van der Waals surface area contributed by atoms with Crippen molar-refractivity contribution in [2.24, 2.45) is 11.8 Å². The molecule has 2 heterocycles. The molecule has 6 nitrogen and oxygen atoms in total. The van der Waals surface area contributed by atoms with Crippen molar-refractivity contribution < 1.29 is 14.7 Å². The molecular formula is C20H29N3O3. The Morgan fingerprint density at radius 2 is 1.96 bits per heavy atom. The van der Waals surface area contributed by atoms with Gasteiger partial charge < -0.3 is 19.8 Å². The molecule has 142 valence electrons. The molecular weight excluding hydrogens is 330 g/mol. The van der Waals surface area contributed by atoms with Gasteiger partial charge >= 0.3 is 0 Å². The van der Waals surface area contributed by atoms with Crippen molar-refractivity contribution >= 4 is 11.8 Å². The van der Waals surface area contributed by atoms with Crippen LogP contribution >= 0.6 is 0 Å². The topological polar surface area (TPSA) is 64.1 Å². The summed E-state index contributed by atoms with van der Waals surface area (Å²) in [5, 5.41) is 9.58. The molecule has 1 aromatic rings. The van der Waals surface area contributed by atoms with Crippen molar-refractivity contribution in [1.29, 1.82) is 0 Å². The highest BCUT2D eigenvalue weighted by Gasteiger charge is 2.31. The largest absolute Gasteiger partial charge is 0.396 e. The second-order valence-corrected chi connectivity index (χ2v) is 7.85. The van der Waals surface area contributed by atoms with Gasteiger partial charge in [-0.2, -0.15) is 0 Å². The predicted octanol–water partition coefficient (Wildman–Crippen LogP) is 1.05. The zero-order valence-electron chi connectivity index (χ0n) is 15.7. The summed E-state index contributed by atoms with van der Waals surface area (Å²) in [5.41, 5.74) is 1.79. The van der Waals surface area contributed by atoms with Gasteiger partial charge in [-0.05, 0) is 44.0 Å². The standard InChI is InChI=1S/C20H29N3O3/c1-21(2)10-15-9-16(14-24)12-23(11-15)19(25)7-8-22-13-17-5-3-4-6-18(17)20(22)26/h3-6,15-16,24H,7-14H2,1-2H3/t15-,16+/m0/s1. The molecule has 26 heavy (non-hydrogen) atoms. The molecule has 0 bridgehead atoms. The van der Waals surface area contributed by atoms with Gasteiger partial charge in [0.05, 0.1) is 0 Å². The minimum absolute atomic E-state index is 0.0192. The molecule has 0 unspecified atom stereocenters. The number of fused-ring (bicyclic) bond motifs is 1. The van der Waals surface area contributed by atoms with Crippen LogP contribution in [0.5, 0.6) is 0 Å². The first-order chi connectivity index (χ1) is 12.5. The van der Waals surface area contributed by atoms with Crippen LogP contribution in [0.3, 0.4) is 0 Å². The Morgan fingerprint density at radius 3 is 2.65 bits per heavy atom. The van der Waals surface area contributed by atoms with Crippen LogP contribution in [0.4, 0.5) is 0 Å². The van der Waals surface area contributed by atoms with Crippen molar-refractivity contribution in [3.63, 3.8) is 0 Å². The molecule has 3 rings (SSSR count). The molecule has 6 heteroatoms. The first-order valence-electron chi connectivity index (χ1n) is 9.38. The van der Waals surface area contributed by atoms with E-state index in [0.29, 0.717) is 32.0 Å². The molecule has 0 spiro atoms. The van der Waals surface area contributed by atoms with Gasteiger partial charge in [0.25, 0.3) is 5.91 Å². The summed E-state index contributed by atoms with van der Waals surface area (Å²) in [7, 11) is 4.07. The van der Waals surface area contributed by atoms with Gasteiger partial charge in [-0.1, -0.05) is 18.2 Å². The van der Waals surface area contributed by atoms with E-state index < -0.39 is 0 Å². The molecule has 2 atom stereocenters. The predicted molar refractivity (Wildman–Crippen MR) is 99.6 cm³/mol. The number of nitrogens with zero attached hydrogens (tertiary/aromatic N) is 3. The number of hydrogen-bond acceptors (Lipinski definition) is 4. The maximum absolute atomic E-state index is 12.7. The Hall–Kier alpha value is -1.92. The molecule has 0 radical (unpaired) electrons. The number of piperidine rings is 1. The SMILES string of the molecule is CN(C)C[C@@H]1C[C@@H](CO)CN(C(=O)CCN2Cc3ccccc3C2=O)C1. The van der Waals surface area contributed by atoms with E-state index in [9.17, 15) is 14.7 Å². The molecule has 2 aliphatic rings. The number of aliphatic hydroxyl groups is 1. The number of benzene rings is 1. The fourth-order valence-corrected chi connectivity index (χ4v) is 4.19. The summed E-state index contributed by atoms with van der Waals surface area (Å²) >= 11 is 0. The third kappa shape index (κ3) is 4.24. The molecule has 1 N–H and O–H groups in total. The lowest BCUT2D eigenvalue weighted by atomic mass is 9.89. The first-order valence-corrected chi connectivity index (χ1v) is 9.38. The summed E-state index contributed by atoms with van der Waals surface area (Å²) in [4.78, 5) is 30.9. The smallest absolute Gasteiger partial charge is 0.254 e. The second-order valence-electron chi connectivity index (χ2n) is 7.85. The van der Waals surface area contributed by atoms with Crippen LogP contribution in [0.2, 0.25) is 0 Å². The Labute approximate surface area is 155 Å². The van der Waals surface area contributed by atoms with Crippen molar-refractivity contribution in [1.82, 2.24) is 14.7 Å². The zero-order chi connectivity index (χ0) is 18.7. The highest BCUT2D eigenvalue weighted by atomic mass is 16.3. The summed E-state index contributed by atoms with van der Waals surface area (Å²) in [6.45, 7) is 3.43. The van der Waals surface area contributed by atoms with Crippen LogP contribution in [0.1, 0.15) is 28.8 Å². The summed E-state index contributed by atoms with van der Waals surface area (Å²) < 4.78 is 0. The van der Waals surface area contributed by atoms with E-state index >= 15 is 0 Å². The fraction of sp³-hybridized carbons (Fsp3) is 0.600. The Kier molecular flexibility index (Phi) is 5.94. The minimum Gasteiger partial charge on any atom is -0.396 e. The van der Waals surface area contributed by atoms with Gasteiger partial charge in [0.2, 0.25) is 5.91 Å². The van der Waals surface area contributed by atoms with Crippen LogP contribution in [-0.4, -0.2) is 78.5 Å². The Morgan fingerprint density at radius 1 is 1.23 bits per heavy atom. The Bertz CT molecular complexity index is 661. The van der Waals surface area contributed by atoms with E-state index in [1.54, 1.807) is 4.90 Å². The second kappa shape index (κ2) is 8.18. The van der Waals surface area contributed by atoms with Gasteiger partial charge in [-0.25, -0.2) is 0 Å². The van der Waals surface area contributed by atoms with Gasteiger partial charge in [0.1, 0.15) is 0 Å². The normalized spacial score (nSPS) is 22.8. The number of rotatable bonds is 6. The van der Waals surface area contributed by atoms with Crippen molar-refractivity contribution in [2.45, 2.75) is 19.4 Å². The van der Waals surface area contributed by atoms with E-state index in [1.165, 1.54) is 0 Å². The van der Waals surface area contributed by atoms with Crippen LogP contribution in [0, 0.1) is 11.8 Å². The Balaban J connectivity index is 1.55. The molecule has 1 fully saturated rings. The minimum atomic E-state index is 0.0192. The molecule has 1 saturated heterocycles. The van der Waals surface area contributed by atoms with E-state index in [4.69, 9.17) is 0 Å². The molecule has 0 aromatic heterocycles. The molecule has 0 aliphatic carbocycles. The maximum Gasteiger partial charge on any atom is 0.254 e.